The summed E-state index contributed by atoms with van der Waals surface area (Å²) in [5, 5.41) is 11.9. The molecule has 1 aliphatic heterocycles. The third-order valence-electron chi connectivity index (χ3n) is 4.06. The third kappa shape index (κ3) is 3.41. The molecule has 5 nitrogen and oxygen atoms in total. The van der Waals surface area contributed by atoms with Gasteiger partial charge in [0.15, 0.2) is 0 Å². The highest BCUT2D eigenvalue weighted by molar-refractivity contribution is 7.23. The van der Waals surface area contributed by atoms with Crippen molar-refractivity contribution < 1.29 is 14.7 Å². The van der Waals surface area contributed by atoms with Crippen LogP contribution in [-0.2, 0) is 16.0 Å². The lowest BCUT2D eigenvalue weighted by Crippen LogP contribution is -2.38. The Hall–Kier alpha value is -1.44. The number of aromatic nitrogens is 1. The van der Waals surface area contributed by atoms with E-state index >= 15 is 0 Å². The van der Waals surface area contributed by atoms with Gasteiger partial charge in [-0.2, -0.15) is 0 Å². The Morgan fingerprint density at radius 2 is 2.26 bits per heavy atom. The van der Waals surface area contributed by atoms with E-state index in [0.717, 1.165) is 9.88 Å². The molecule has 2 atom stereocenters. The SMILES string of the molecule is CC1C(C(=O)O)CCN1C(=O)Cc1csc(-c2ccc(Cl)s2)n1. The number of carbonyl (C=O) groups excluding carboxylic acids is 1. The molecule has 2 unspecified atom stereocenters. The molecule has 0 aromatic carbocycles. The Balaban J connectivity index is 1.67. The van der Waals surface area contributed by atoms with Crippen LogP contribution in [0.3, 0.4) is 0 Å². The molecule has 23 heavy (non-hydrogen) atoms. The smallest absolute Gasteiger partial charge is 0.308 e. The first-order valence-electron chi connectivity index (χ1n) is 7.18. The molecule has 2 aromatic rings. The number of amides is 1. The number of nitrogens with zero attached hydrogens (tertiary/aromatic N) is 2. The van der Waals surface area contributed by atoms with Crippen molar-refractivity contribution in [3.05, 3.63) is 27.5 Å². The van der Waals surface area contributed by atoms with E-state index in [9.17, 15) is 9.59 Å². The van der Waals surface area contributed by atoms with Crippen LogP contribution in [0.1, 0.15) is 19.0 Å². The second-order valence-corrected chi connectivity index (χ2v) is 8.06. The molecule has 2 aromatic heterocycles. The van der Waals surface area contributed by atoms with Gasteiger partial charge in [0, 0.05) is 18.0 Å². The summed E-state index contributed by atoms with van der Waals surface area (Å²) in [4.78, 5) is 30.7. The molecule has 0 saturated carbocycles. The molecule has 1 aliphatic rings. The van der Waals surface area contributed by atoms with Crippen LogP contribution in [0.2, 0.25) is 4.34 Å². The summed E-state index contributed by atoms with van der Waals surface area (Å²) in [6.45, 7) is 2.29. The Kier molecular flexibility index (Phi) is 4.70. The first kappa shape index (κ1) is 16.4. The van der Waals surface area contributed by atoms with Crippen molar-refractivity contribution in [3.8, 4) is 9.88 Å². The molecule has 1 amide bonds. The van der Waals surface area contributed by atoms with E-state index in [4.69, 9.17) is 16.7 Å². The predicted octanol–water partition coefficient (Wildman–Crippen LogP) is 3.39. The van der Waals surface area contributed by atoms with E-state index in [0.29, 0.717) is 23.0 Å². The Morgan fingerprint density at radius 3 is 2.87 bits per heavy atom. The lowest BCUT2D eigenvalue weighted by molar-refractivity contribution is -0.143. The molecule has 122 valence electrons. The molecule has 3 heterocycles. The summed E-state index contributed by atoms with van der Waals surface area (Å²) in [5.74, 6) is -1.38. The monoisotopic (exact) mass is 370 g/mol. The van der Waals surface area contributed by atoms with Gasteiger partial charge in [-0.1, -0.05) is 11.6 Å². The Bertz CT molecular complexity index is 743. The van der Waals surface area contributed by atoms with Crippen molar-refractivity contribution in [1.82, 2.24) is 9.88 Å². The number of carbonyl (C=O) groups is 2. The van der Waals surface area contributed by atoms with Crippen LogP contribution in [0.4, 0.5) is 0 Å². The number of aliphatic carboxylic acids is 1. The van der Waals surface area contributed by atoms with Crippen molar-refractivity contribution in [2.24, 2.45) is 5.92 Å². The Labute approximate surface area is 146 Å². The van der Waals surface area contributed by atoms with Crippen molar-refractivity contribution in [1.29, 1.82) is 0 Å². The predicted molar refractivity (Wildman–Crippen MR) is 91.1 cm³/mol. The van der Waals surface area contributed by atoms with Gasteiger partial charge in [0.25, 0.3) is 0 Å². The zero-order valence-electron chi connectivity index (χ0n) is 12.4. The lowest BCUT2D eigenvalue weighted by Gasteiger charge is -2.22. The first-order chi connectivity index (χ1) is 11.0. The second kappa shape index (κ2) is 6.59. The molecule has 0 spiro atoms. The van der Waals surface area contributed by atoms with E-state index in [1.165, 1.54) is 22.7 Å². The van der Waals surface area contributed by atoms with Gasteiger partial charge in [-0.05, 0) is 25.5 Å². The van der Waals surface area contributed by atoms with Crippen LogP contribution in [0, 0.1) is 5.92 Å². The minimum Gasteiger partial charge on any atom is -0.481 e. The molecule has 8 heteroatoms. The van der Waals surface area contributed by atoms with E-state index in [2.05, 4.69) is 4.98 Å². The van der Waals surface area contributed by atoms with Gasteiger partial charge < -0.3 is 10.0 Å². The van der Waals surface area contributed by atoms with E-state index in [1.54, 1.807) is 11.8 Å². The highest BCUT2D eigenvalue weighted by atomic mass is 35.5. The topological polar surface area (TPSA) is 70.5 Å². The fourth-order valence-electron chi connectivity index (χ4n) is 2.81. The Morgan fingerprint density at radius 1 is 1.48 bits per heavy atom. The maximum Gasteiger partial charge on any atom is 0.308 e. The molecule has 1 saturated heterocycles. The zero-order chi connectivity index (χ0) is 16.6. The highest BCUT2D eigenvalue weighted by Crippen LogP contribution is 2.33. The molecule has 1 N–H and O–H groups in total. The van der Waals surface area contributed by atoms with Crippen LogP contribution in [0.15, 0.2) is 17.5 Å². The maximum absolute atomic E-state index is 12.4. The van der Waals surface area contributed by atoms with Crippen molar-refractivity contribution >= 4 is 46.2 Å². The minimum absolute atomic E-state index is 0.0673. The number of rotatable bonds is 4. The van der Waals surface area contributed by atoms with Gasteiger partial charge in [0.2, 0.25) is 5.91 Å². The van der Waals surface area contributed by atoms with Crippen LogP contribution in [0.25, 0.3) is 9.88 Å². The standard InChI is InChI=1S/C15H15ClN2O3S2/c1-8-10(15(20)21)4-5-18(8)13(19)6-9-7-22-14(17-9)11-2-3-12(16)23-11/h2-3,7-8,10H,4-6H2,1H3,(H,20,21). The number of carboxylic acid groups (broad SMARTS) is 1. The number of hydrogen-bond acceptors (Lipinski definition) is 5. The largest absolute Gasteiger partial charge is 0.481 e. The molecule has 0 aliphatic carbocycles. The quantitative estimate of drug-likeness (QED) is 0.895. The van der Waals surface area contributed by atoms with Gasteiger partial charge in [-0.15, -0.1) is 22.7 Å². The summed E-state index contributed by atoms with van der Waals surface area (Å²) >= 11 is 8.87. The molecule has 1 fully saturated rings. The molecule has 3 rings (SSSR count). The number of carboxylic acids is 1. The van der Waals surface area contributed by atoms with Gasteiger partial charge in [-0.25, -0.2) is 4.98 Å². The molecular weight excluding hydrogens is 356 g/mol. The van der Waals surface area contributed by atoms with E-state index in [-0.39, 0.29) is 18.4 Å². The van der Waals surface area contributed by atoms with E-state index < -0.39 is 11.9 Å². The number of halogens is 1. The summed E-state index contributed by atoms with van der Waals surface area (Å²) in [7, 11) is 0. The van der Waals surface area contributed by atoms with Crippen LogP contribution in [0.5, 0.6) is 0 Å². The minimum atomic E-state index is -0.835. The molecule has 0 bridgehead atoms. The summed E-state index contributed by atoms with van der Waals surface area (Å²) in [6.07, 6.45) is 0.713. The van der Waals surface area contributed by atoms with Crippen molar-refractivity contribution in [3.63, 3.8) is 0 Å². The maximum atomic E-state index is 12.4. The van der Waals surface area contributed by atoms with Crippen LogP contribution < -0.4 is 0 Å². The van der Waals surface area contributed by atoms with Crippen LogP contribution >= 0.6 is 34.3 Å². The fraction of sp³-hybridized carbons (Fsp3) is 0.400. The highest BCUT2D eigenvalue weighted by Gasteiger charge is 2.38. The fourth-order valence-corrected chi connectivity index (χ4v) is 4.74. The van der Waals surface area contributed by atoms with Gasteiger partial charge in [0.05, 0.1) is 27.2 Å². The summed E-state index contributed by atoms with van der Waals surface area (Å²) in [5.41, 5.74) is 0.713. The summed E-state index contributed by atoms with van der Waals surface area (Å²) in [6, 6.07) is 3.47. The van der Waals surface area contributed by atoms with Crippen molar-refractivity contribution in [2.45, 2.75) is 25.8 Å². The normalized spacial score (nSPS) is 20.9. The summed E-state index contributed by atoms with van der Waals surface area (Å²) < 4.78 is 0.707. The van der Waals surface area contributed by atoms with Gasteiger partial charge in [-0.3, -0.25) is 9.59 Å². The average molecular weight is 371 g/mol. The molecule has 0 radical (unpaired) electrons. The van der Waals surface area contributed by atoms with Crippen molar-refractivity contribution in [2.75, 3.05) is 6.54 Å². The van der Waals surface area contributed by atoms with Gasteiger partial charge >= 0.3 is 5.97 Å². The molecular formula is C15H15ClN2O3S2. The third-order valence-corrected chi connectivity index (χ3v) is 6.35. The number of thiophene rings is 1. The van der Waals surface area contributed by atoms with Crippen LogP contribution in [-0.4, -0.2) is 39.5 Å². The number of hydrogen-bond donors (Lipinski definition) is 1. The zero-order valence-corrected chi connectivity index (χ0v) is 14.7. The van der Waals surface area contributed by atoms with E-state index in [1.807, 2.05) is 17.5 Å². The first-order valence-corrected chi connectivity index (χ1v) is 9.25. The second-order valence-electron chi connectivity index (χ2n) is 5.49. The lowest BCUT2D eigenvalue weighted by atomic mass is 10.0. The average Bonchev–Trinajstić information content (AvgIpc) is 3.18. The van der Waals surface area contributed by atoms with Gasteiger partial charge in [0.1, 0.15) is 5.01 Å². The number of likely N-dealkylation sites (tertiary alicyclic amines) is 1. The number of thiazole rings is 1.